The lowest BCUT2D eigenvalue weighted by atomic mass is 10.0. The highest BCUT2D eigenvalue weighted by Gasteiger charge is 2.34. The van der Waals surface area contributed by atoms with Gasteiger partial charge in [0.05, 0.1) is 11.6 Å². The summed E-state index contributed by atoms with van der Waals surface area (Å²) in [5.41, 5.74) is 0.202. The van der Waals surface area contributed by atoms with Gasteiger partial charge in [0.25, 0.3) is 0 Å². The van der Waals surface area contributed by atoms with Crippen LogP contribution in [-0.4, -0.2) is 25.7 Å². The molecule has 2 amide bonds. The summed E-state index contributed by atoms with van der Waals surface area (Å²) in [5, 5.41) is 5.32. The number of halogens is 4. The average Bonchev–Trinajstić information content (AvgIpc) is 3.15. The first-order valence-corrected chi connectivity index (χ1v) is 9.45. The lowest BCUT2D eigenvalue weighted by Crippen LogP contribution is -2.40. The van der Waals surface area contributed by atoms with E-state index in [2.05, 4.69) is 15.5 Å². The molecule has 1 saturated heterocycles. The van der Waals surface area contributed by atoms with Gasteiger partial charge in [-0.2, -0.15) is 13.2 Å². The molecule has 156 valence electrons. The lowest BCUT2D eigenvalue weighted by Gasteiger charge is -2.21. The zero-order valence-corrected chi connectivity index (χ0v) is 16.0. The Morgan fingerprint density at radius 1 is 1.17 bits per heavy atom. The molecular formula is C21H23F4N3O. The van der Waals surface area contributed by atoms with Gasteiger partial charge in [-0.1, -0.05) is 18.2 Å². The molecule has 1 heterocycles. The molecule has 0 aromatic heterocycles. The summed E-state index contributed by atoms with van der Waals surface area (Å²) in [6, 6.07) is 10.2. The molecule has 2 unspecified atom stereocenters. The van der Waals surface area contributed by atoms with Crippen molar-refractivity contribution < 1.29 is 22.4 Å². The topological polar surface area (TPSA) is 44.4 Å². The highest BCUT2D eigenvalue weighted by molar-refractivity contribution is 5.74. The fraction of sp³-hybridized carbons (Fsp3) is 0.381. The van der Waals surface area contributed by atoms with Gasteiger partial charge in [-0.15, -0.1) is 0 Å². The average molecular weight is 409 g/mol. The van der Waals surface area contributed by atoms with E-state index in [-0.39, 0.29) is 17.3 Å². The Morgan fingerprint density at radius 3 is 2.55 bits per heavy atom. The molecule has 2 aromatic carbocycles. The van der Waals surface area contributed by atoms with Gasteiger partial charge in [0.15, 0.2) is 0 Å². The summed E-state index contributed by atoms with van der Waals surface area (Å²) in [6.07, 6.45) is -3.61. The number of alkyl halides is 3. The van der Waals surface area contributed by atoms with Crippen molar-refractivity contribution in [2.75, 3.05) is 24.5 Å². The third-order valence-corrected chi connectivity index (χ3v) is 5.11. The van der Waals surface area contributed by atoms with E-state index in [4.69, 9.17) is 0 Å². The Balaban J connectivity index is 1.50. The first-order valence-electron chi connectivity index (χ1n) is 9.45. The van der Waals surface area contributed by atoms with E-state index in [1.54, 1.807) is 12.1 Å². The zero-order chi connectivity index (χ0) is 21.0. The quantitative estimate of drug-likeness (QED) is 0.702. The minimum absolute atomic E-state index is 0.0264. The number of rotatable bonds is 5. The summed E-state index contributed by atoms with van der Waals surface area (Å²) >= 11 is 0. The minimum Gasteiger partial charge on any atom is -0.371 e. The maximum atomic E-state index is 13.1. The third kappa shape index (κ3) is 5.40. The van der Waals surface area contributed by atoms with E-state index >= 15 is 0 Å². The summed E-state index contributed by atoms with van der Waals surface area (Å²) in [7, 11) is 0. The van der Waals surface area contributed by atoms with Gasteiger partial charge >= 0.3 is 12.2 Å². The van der Waals surface area contributed by atoms with Crippen molar-refractivity contribution >= 4 is 11.7 Å². The second-order valence-electron chi connectivity index (χ2n) is 7.24. The molecule has 2 aromatic rings. The summed E-state index contributed by atoms with van der Waals surface area (Å²) in [6.45, 7) is 3.46. The van der Waals surface area contributed by atoms with Crippen molar-refractivity contribution in [2.24, 2.45) is 5.92 Å². The molecule has 8 heteroatoms. The largest absolute Gasteiger partial charge is 0.416 e. The normalized spacial score (nSPS) is 17.8. The van der Waals surface area contributed by atoms with Crippen LogP contribution in [0.25, 0.3) is 0 Å². The fourth-order valence-electron chi connectivity index (χ4n) is 3.58. The first kappa shape index (κ1) is 21.0. The van der Waals surface area contributed by atoms with Crippen molar-refractivity contribution in [1.29, 1.82) is 0 Å². The second kappa shape index (κ2) is 8.71. The van der Waals surface area contributed by atoms with Crippen LogP contribution >= 0.6 is 0 Å². The number of carbonyl (C=O) groups excluding carboxylic acids is 1. The fourth-order valence-corrected chi connectivity index (χ4v) is 3.58. The van der Waals surface area contributed by atoms with Crippen LogP contribution in [-0.2, 0) is 6.18 Å². The first-order chi connectivity index (χ1) is 13.7. The van der Waals surface area contributed by atoms with E-state index in [0.29, 0.717) is 6.54 Å². The van der Waals surface area contributed by atoms with Gasteiger partial charge in [-0.25, -0.2) is 9.18 Å². The van der Waals surface area contributed by atoms with Crippen LogP contribution in [0.2, 0.25) is 0 Å². The highest BCUT2D eigenvalue weighted by atomic mass is 19.4. The Morgan fingerprint density at radius 2 is 1.86 bits per heavy atom. The monoisotopic (exact) mass is 409 g/mol. The lowest BCUT2D eigenvalue weighted by molar-refractivity contribution is -0.138. The van der Waals surface area contributed by atoms with Crippen LogP contribution < -0.4 is 15.5 Å². The van der Waals surface area contributed by atoms with Crippen LogP contribution in [0.5, 0.6) is 0 Å². The molecule has 2 atom stereocenters. The number of anilines is 1. The number of amides is 2. The molecule has 29 heavy (non-hydrogen) atoms. The maximum Gasteiger partial charge on any atom is 0.416 e. The molecule has 3 rings (SSSR count). The van der Waals surface area contributed by atoms with Gasteiger partial charge in [0.2, 0.25) is 0 Å². The van der Waals surface area contributed by atoms with Gasteiger partial charge in [0.1, 0.15) is 5.82 Å². The number of carbonyl (C=O) groups is 1. The molecule has 4 nitrogen and oxygen atoms in total. The van der Waals surface area contributed by atoms with Crippen molar-refractivity contribution in [2.45, 2.75) is 25.6 Å². The SMILES string of the molecule is CC(NC(=O)NCC1CCN(c2ccc(F)cc2)C1)c1ccccc1C(F)(F)F. The predicted molar refractivity (Wildman–Crippen MR) is 103 cm³/mol. The van der Waals surface area contributed by atoms with Gasteiger partial charge < -0.3 is 15.5 Å². The summed E-state index contributed by atoms with van der Waals surface area (Å²) < 4.78 is 52.5. The number of hydrogen-bond donors (Lipinski definition) is 2. The van der Waals surface area contributed by atoms with Crippen LogP contribution in [0.3, 0.4) is 0 Å². The van der Waals surface area contributed by atoms with Crippen molar-refractivity contribution in [1.82, 2.24) is 10.6 Å². The van der Waals surface area contributed by atoms with E-state index in [1.165, 1.54) is 37.3 Å². The van der Waals surface area contributed by atoms with Crippen LogP contribution in [0.15, 0.2) is 48.5 Å². The van der Waals surface area contributed by atoms with Crippen molar-refractivity contribution in [3.05, 3.63) is 65.5 Å². The smallest absolute Gasteiger partial charge is 0.371 e. The Hall–Kier alpha value is -2.77. The minimum atomic E-state index is -4.48. The van der Waals surface area contributed by atoms with Gasteiger partial charge in [-0.05, 0) is 55.2 Å². The molecule has 0 aliphatic carbocycles. The third-order valence-electron chi connectivity index (χ3n) is 5.11. The maximum absolute atomic E-state index is 13.1. The molecule has 2 N–H and O–H groups in total. The Kier molecular flexibility index (Phi) is 6.30. The van der Waals surface area contributed by atoms with Gasteiger partial charge in [0, 0.05) is 25.3 Å². The van der Waals surface area contributed by atoms with Crippen LogP contribution in [0.1, 0.15) is 30.5 Å². The summed E-state index contributed by atoms with van der Waals surface area (Å²) in [5.74, 6) is -0.0763. The second-order valence-corrected chi connectivity index (χ2v) is 7.24. The molecule has 1 fully saturated rings. The van der Waals surface area contributed by atoms with Gasteiger partial charge in [-0.3, -0.25) is 0 Å². The van der Waals surface area contributed by atoms with E-state index in [0.717, 1.165) is 31.3 Å². The van der Waals surface area contributed by atoms with Crippen molar-refractivity contribution in [3.63, 3.8) is 0 Å². The Bertz CT molecular complexity index is 839. The molecule has 0 bridgehead atoms. The molecule has 1 aliphatic heterocycles. The summed E-state index contributed by atoms with van der Waals surface area (Å²) in [4.78, 5) is 14.3. The molecule has 0 saturated carbocycles. The van der Waals surface area contributed by atoms with Crippen LogP contribution in [0, 0.1) is 11.7 Å². The van der Waals surface area contributed by atoms with E-state index < -0.39 is 23.8 Å². The zero-order valence-electron chi connectivity index (χ0n) is 16.0. The Labute approximate surface area is 166 Å². The van der Waals surface area contributed by atoms with Crippen molar-refractivity contribution in [3.8, 4) is 0 Å². The standard InChI is InChI=1S/C21H23F4N3O/c1-14(18-4-2-3-5-19(18)21(23,24)25)27-20(29)26-12-15-10-11-28(13-15)17-8-6-16(22)7-9-17/h2-9,14-15H,10-13H2,1H3,(H2,26,27,29). The predicted octanol–water partition coefficient (Wildman–Crippen LogP) is 4.73. The molecule has 0 radical (unpaired) electrons. The number of benzene rings is 2. The highest BCUT2D eigenvalue weighted by Crippen LogP contribution is 2.34. The number of nitrogens with one attached hydrogen (secondary N) is 2. The number of urea groups is 1. The van der Waals surface area contributed by atoms with Crippen LogP contribution in [0.4, 0.5) is 28.0 Å². The number of hydrogen-bond acceptors (Lipinski definition) is 2. The number of nitrogens with zero attached hydrogens (tertiary/aromatic N) is 1. The van der Waals surface area contributed by atoms with E-state index in [9.17, 15) is 22.4 Å². The van der Waals surface area contributed by atoms with E-state index in [1.807, 2.05) is 0 Å². The molecular weight excluding hydrogens is 386 g/mol. The molecule has 0 spiro atoms. The molecule has 1 aliphatic rings.